The van der Waals surface area contributed by atoms with Crippen LogP contribution in [0.15, 0.2) is 34.9 Å². The van der Waals surface area contributed by atoms with E-state index in [2.05, 4.69) is 15.5 Å². The van der Waals surface area contributed by atoms with Crippen LogP contribution in [-0.2, 0) is 9.53 Å². The molecule has 2 heterocycles. The van der Waals surface area contributed by atoms with Crippen LogP contribution in [0.3, 0.4) is 0 Å². The third-order valence-corrected chi connectivity index (χ3v) is 4.84. The minimum atomic E-state index is -0.999. The zero-order valence-corrected chi connectivity index (χ0v) is 16.4. The number of anilines is 1. The largest absolute Gasteiger partial charge is 0.497 e. The fourth-order valence-corrected chi connectivity index (χ4v) is 3.09. The fourth-order valence-electron chi connectivity index (χ4n) is 3.09. The number of ether oxygens (including phenoxy) is 2. The minimum absolute atomic E-state index is 0.312. The van der Waals surface area contributed by atoms with E-state index in [1.807, 2.05) is 0 Å². The van der Waals surface area contributed by atoms with Crippen molar-refractivity contribution < 1.29 is 23.6 Å². The van der Waals surface area contributed by atoms with Gasteiger partial charge in [0.2, 0.25) is 0 Å². The van der Waals surface area contributed by atoms with Crippen molar-refractivity contribution >= 4 is 28.7 Å². The molecule has 1 aliphatic rings. The number of carbonyl (C=O) groups is 2. The van der Waals surface area contributed by atoms with E-state index < -0.39 is 18.0 Å². The van der Waals surface area contributed by atoms with Gasteiger partial charge >= 0.3 is 5.97 Å². The normalized spacial score (nSPS) is 14.4. The number of pyridine rings is 1. The van der Waals surface area contributed by atoms with Gasteiger partial charge in [0, 0.05) is 23.4 Å². The second-order valence-electron chi connectivity index (χ2n) is 7.09. The maximum absolute atomic E-state index is 12.9. The summed E-state index contributed by atoms with van der Waals surface area (Å²) in [5.41, 5.74) is 2.52. The average Bonchev–Trinajstić information content (AvgIpc) is 3.50. The molecule has 2 aromatic heterocycles. The lowest BCUT2D eigenvalue weighted by Gasteiger charge is -2.14. The molecular formula is C21H21N3O5. The van der Waals surface area contributed by atoms with E-state index in [4.69, 9.17) is 14.0 Å². The summed E-state index contributed by atoms with van der Waals surface area (Å²) in [5.74, 6) is -0.118. The number of carbonyl (C=O) groups excluding carboxylic acids is 2. The summed E-state index contributed by atoms with van der Waals surface area (Å²) in [4.78, 5) is 29.8. The van der Waals surface area contributed by atoms with E-state index >= 15 is 0 Å². The van der Waals surface area contributed by atoms with Crippen molar-refractivity contribution in [3.63, 3.8) is 0 Å². The van der Waals surface area contributed by atoms with E-state index in [1.54, 1.807) is 44.4 Å². The first-order valence-corrected chi connectivity index (χ1v) is 9.39. The van der Waals surface area contributed by atoms with Gasteiger partial charge in [-0.15, -0.1) is 0 Å². The number of fused-ring (bicyclic) bond motifs is 1. The Hall–Kier alpha value is -3.42. The average molecular weight is 395 g/mol. The first-order valence-electron chi connectivity index (χ1n) is 9.39. The molecular weight excluding hydrogens is 374 g/mol. The van der Waals surface area contributed by atoms with E-state index in [1.165, 1.54) is 6.92 Å². The lowest BCUT2D eigenvalue weighted by molar-refractivity contribution is -0.123. The van der Waals surface area contributed by atoms with Crippen molar-refractivity contribution in [3.05, 3.63) is 47.3 Å². The Labute approximate surface area is 167 Å². The molecule has 0 radical (unpaired) electrons. The molecule has 150 valence electrons. The van der Waals surface area contributed by atoms with E-state index in [0.717, 1.165) is 18.5 Å². The number of benzene rings is 1. The number of amides is 1. The topological polar surface area (TPSA) is 104 Å². The zero-order valence-electron chi connectivity index (χ0n) is 16.4. The lowest BCUT2D eigenvalue weighted by atomic mass is 10.1. The van der Waals surface area contributed by atoms with Crippen LogP contribution in [-0.4, -0.2) is 35.2 Å². The van der Waals surface area contributed by atoms with Gasteiger partial charge in [0.1, 0.15) is 5.75 Å². The number of esters is 1. The molecule has 1 N–H and O–H groups in total. The summed E-state index contributed by atoms with van der Waals surface area (Å²) >= 11 is 0. The fraction of sp³-hybridized carbons (Fsp3) is 0.333. The van der Waals surface area contributed by atoms with Gasteiger partial charge in [0.25, 0.3) is 11.6 Å². The summed E-state index contributed by atoms with van der Waals surface area (Å²) in [6.45, 7) is 3.26. The summed E-state index contributed by atoms with van der Waals surface area (Å²) < 4.78 is 15.8. The SMILES string of the molecule is COc1cccc(NC(=O)[C@H](C)OC(=O)c2cc(C3CC3)nc3onc(C)c23)c1. The quantitative estimate of drug-likeness (QED) is 0.636. The van der Waals surface area contributed by atoms with Gasteiger partial charge in [-0.2, -0.15) is 0 Å². The summed E-state index contributed by atoms with van der Waals surface area (Å²) in [6.07, 6.45) is 1.06. The molecule has 1 aliphatic carbocycles. The molecule has 1 fully saturated rings. The molecule has 0 aliphatic heterocycles. The predicted octanol–water partition coefficient (Wildman–Crippen LogP) is 3.60. The van der Waals surface area contributed by atoms with Gasteiger partial charge in [-0.25, -0.2) is 9.78 Å². The van der Waals surface area contributed by atoms with Crippen LogP contribution < -0.4 is 10.1 Å². The Balaban J connectivity index is 1.52. The number of nitrogens with one attached hydrogen (secondary N) is 1. The Morgan fingerprint density at radius 1 is 1.28 bits per heavy atom. The van der Waals surface area contributed by atoms with Crippen molar-refractivity contribution in [2.24, 2.45) is 0 Å². The van der Waals surface area contributed by atoms with E-state index in [0.29, 0.717) is 39.7 Å². The van der Waals surface area contributed by atoms with Gasteiger partial charge in [-0.1, -0.05) is 11.2 Å². The van der Waals surface area contributed by atoms with Crippen molar-refractivity contribution in [2.75, 3.05) is 12.4 Å². The molecule has 8 nitrogen and oxygen atoms in total. The highest BCUT2D eigenvalue weighted by Crippen LogP contribution is 2.40. The van der Waals surface area contributed by atoms with Crippen LogP contribution in [0.25, 0.3) is 11.1 Å². The third-order valence-electron chi connectivity index (χ3n) is 4.84. The predicted molar refractivity (Wildman–Crippen MR) is 105 cm³/mol. The molecule has 1 saturated carbocycles. The van der Waals surface area contributed by atoms with Crippen LogP contribution >= 0.6 is 0 Å². The number of aryl methyl sites for hydroxylation is 1. The first-order chi connectivity index (χ1) is 14.0. The maximum atomic E-state index is 12.9. The van der Waals surface area contributed by atoms with Crippen LogP contribution in [0.1, 0.15) is 47.4 Å². The van der Waals surface area contributed by atoms with E-state index in [-0.39, 0.29) is 0 Å². The Morgan fingerprint density at radius 3 is 2.79 bits per heavy atom. The number of hydrogen-bond donors (Lipinski definition) is 1. The smallest absolute Gasteiger partial charge is 0.339 e. The molecule has 0 saturated heterocycles. The summed E-state index contributed by atoms with van der Waals surface area (Å²) in [7, 11) is 1.55. The number of rotatable bonds is 6. The standard InChI is InChI=1S/C21H21N3O5/c1-11-18-16(10-17(13-7-8-13)23-20(18)29-24-11)21(26)28-12(2)19(25)22-14-5-4-6-15(9-14)27-3/h4-6,9-10,12-13H,7-8H2,1-3H3,(H,22,25)/t12-/m0/s1. The van der Waals surface area contributed by atoms with Crippen LogP contribution in [0.5, 0.6) is 5.75 Å². The van der Waals surface area contributed by atoms with Gasteiger partial charge in [-0.05, 0) is 44.9 Å². The highest BCUT2D eigenvalue weighted by atomic mass is 16.5. The number of hydrogen-bond acceptors (Lipinski definition) is 7. The second kappa shape index (κ2) is 7.54. The molecule has 0 unspecified atom stereocenters. The molecule has 1 aromatic carbocycles. The maximum Gasteiger partial charge on any atom is 0.339 e. The Morgan fingerprint density at radius 2 is 2.07 bits per heavy atom. The molecule has 29 heavy (non-hydrogen) atoms. The summed E-state index contributed by atoms with van der Waals surface area (Å²) in [5, 5.41) is 7.14. The van der Waals surface area contributed by atoms with Crippen LogP contribution in [0, 0.1) is 6.92 Å². The number of methoxy groups -OCH3 is 1. The molecule has 1 amide bonds. The van der Waals surface area contributed by atoms with Crippen molar-refractivity contribution in [3.8, 4) is 5.75 Å². The molecule has 3 aromatic rings. The number of aromatic nitrogens is 2. The molecule has 4 rings (SSSR count). The highest BCUT2D eigenvalue weighted by Gasteiger charge is 2.30. The molecule has 1 atom stereocenters. The zero-order chi connectivity index (χ0) is 20.5. The Bertz CT molecular complexity index is 1090. The monoisotopic (exact) mass is 395 g/mol. The second-order valence-corrected chi connectivity index (χ2v) is 7.09. The highest BCUT2D eigenvalue weighted by molar-refractivity contribution is 6.04. The Kier molecular flexibility index (Phi) is 4.92. The van der Waals surface area contributed by atoms with Crippen LogP contribution in [0.2, 0.25) is 0 Å². The molecule has 8 heteroatoms. The van der Waals surface area contributed by atoms with Gasteiger partial charge in [0.15, 0.2) is 6.10 Å². The molecule has 0 spiro atoms. The van der Waals surface area contributed by atoms with Gasteiger partial charge in [-0.3, -0.25) is 4.79 Å². The molecule has 0 bridgehead atoms. The first kappa shape index (κ1) is 18.9. The van der Waals surface area contributed by atoms with Gasteiger partial charge in [0.05, 0.1) is 23.8 Å². The number of nitrogens with zero attached hydrogens (tertiary/aromatic N) is 2. The van der Waals surface area contributed by atoms with Crippen molar-refractivity contribution in [1.82, 2.24) is 10.1 Å². The third kappa shape index (κ3) is 3.91. The van der Waals surface area contributed by atoms with Crippen LogP contribution in [0.4, 0.5) is 5.69 Å². The van der Waals surface area contributed by atoms with Crippen molar-refractivity contribution in [2.45, 2.75) is 38.7 Å². The van der Waals surface area contributed by atoms with E-state index in [9.17, 15) is 9.59 Å². The van der Waals surface area contributed by atoms with Crippen molar-refractivity contribution in [1.29, 1.82) is 0 Å². The lowest BCUT2D eigenvalue weighted by Crippen LogP contribution is -2.30. The van der Waals surface area contributed by atoms with Gasteiger partial charge < -0.3 is 19.3 Å². The summed E-state index contributed by atoms with van der Waals surface area (Å²) in [6, 6.07) is 8.66. The minimum Gasteiger partial charge on any atom is -0.497 e.